The molecule has 0 bridgehead atoms. The number of carboxylic acid groups (broad SMARTS) is 1. The van der Waals surface area contributed by atoms with Gasteiger partial charge in [0.15, 0.2) is 0 Å². The number of hydrogen-bond acceptors (Lipinski definition) is 3. The van der Waals surface area contributed by atoms with Gasteiger partial charge in [0.05, 0.1) is 5.76 Å². The lowest BCUT2D eigenvalue weighted by Crippen LogP contribution is -2.29. The Hall–Kier alpha value is -1.81. The lowest BCUT2D eigenvalue weighted by Gasteiger charge is -2.10. The highest BCUT2D eigenvalue weighted by molar-refractivity contribution is 5.72. The third-order valence-corrected chi connectivity index (χ3v) is 2.34. The number of carboxylic acids is 1. The Morgan fingerprint density at radius 3 is 2.65 bits per heavy atom. The topological polar surface area (TPSA) is 72.6 Å². The van der Waals surface area contributed by atoms with Crippen LogP contribution in [0.5, 0.6) is 0 Å². The molecule has 1 aromatic rings. The second-order valence-corrected chi connectivity index (χ2v) is 3.80. The quantitative estimate of drug-likeness (QED) is 0.708. The average Bonchev–Trinajstić information content (AvgIpc) is 2.34. The van der Waals surface area contributed by atoms with Crippen molar-refractivity contribution < 1.29 is 14.6 Å². The van der Waals surface area contributed by atoms with Gasteiger partial charge in [0.25, 0.3) is 0 Å². The number of allylic oxidation sites excluding steroid dienone is 1. The Morgan fingerprint density at radius 1 is 1.41 bits per heavy atom. The minimum absolute atomic E-state index is 0.336. The van der Waals surface area contributed by atoms with E-state index in [-0.39, 0.29) is 0 Å². The van der Waals surface area contributed by atoms with Crippen LogP contribution in [0.1, 0.15) is 18.4 Å². The van der Waals surface area contributed by atoms with Crippen molar-refractivity contribution in [2.45, 2.75) is 25.5 Å². The maximum atomic E-state index is 10.5. The van der Waals surface area contributed by atoms with Crippen LogP contribution in [0.4, 0.5) is 0 Å². The van der Waals surface area contributed by atoms with Crippen molar-refractivity contribution in [2.24, 2.45) is 5.73 Å². The van der Waals surface area contributed by atoms with Gasteiger partial charge in [0, 0.05) is 6.42 Å². The van der Waals surface area contributed by atoms with Gasteiger partial charge in [-0.2, -0.15) is 0 Å². The van der Waals surface area contributed by atoms with Gasteiger partial charge in [0.1, 0.15) is 12.6 Å². The maximum absolute atomic E-state index is 10.5. The number of carbonyl (C=O) groups is 1. The molecule has 0 aliphatic heterocycles. The fourth-order valence-corrected chi connectivity index (χ4v) is 1.27. The van der Waals surface area contributed by atoms with Crippen LogP contribution in [0.3, 0.4) is 0 Å². The first-order valence-electron chi connectivity index (χ1n) is 5.42. The summed E-state index contributed by atoms with van der Waals surface area (Å²) in [7, 11) is 0. The molecule has 17 heavy (non-hydrogen) atoms. The van der Waals surface area contributed by atoms with Crippen LogP contribution in [0.15, 0.2) is 42.7 Å². The molecular weight excluding hydrogens is 218 g/mol. The Bertz CT molecular complexity index is 376. The molecule has 1 unspecified atom stereocenters. The number of ether oxygens (including phenoxy) is 1. The molecule has 1 atom stereocenters. The predicted molar refractivity (Wildman–Crippen MR) is 65.2 cm³/mol. The highest BCUT2D eigenvalue weighted by Gasteiger charge is 2.11. The first kappa shape index (κ1) is 13.3. The van der Waals surface area contributed by atoms with Gasteiger partial charge in [-0.25, -0.2) is 0 Å². The number of nitrogens with two attached hydrogens (primary N) is 1. The minimum atomic E-state index is -0.999. The molecule has 0 spiro atoms. The fourth-order valence-electron chi connectivity index (χ4n) is 1.27. The van der Waals surface area contributed by atoms with E-state index in [9.17, 15) is 4.79 Å². The highest BCUT2D eigenvalue weighted by atomic mass is 16.5. The summed E-state index contributed by atoms with van der Waals surface area (Å²) >= 11 is 0. The van der Waals surface area contributed by atoms with E-state index in [1.807, 2.05) is 30.3 Å². The summed E-state index contributed by atoms with van der Waals surface area (Å²) in [5.74, 6) is -0.439. The number of hydrogen-bond donors (Lipinski definition) is 2. The molecule has 1 rings (SSSR count). The molecule has 0 radical (unpaired) electrons. The first-order valence-corrected chi connectivity index (χ1v) is 5.42. The molecule has 1 aromatic carbocycles. The largest absolute Gasteiger partial charge is 0.494 e. The van der Waals surface area contributed by atoms with Gasteiger partial charge in [-0.05, 0) is 12.0 Å². The number of aliphatic carboxylic acids is 1. The molecule has 0 heterocycles. The molecule has 0 aromatic heterocycles. The van der Waals surface area contributed by atoms with Gasteiger partial charge >= 0.3 is 5.97 Å². The Morgan fingerprint density at radius 2 is 2.06 bits per heavy atom. The van der Waals surface area contributed by atoms with E-state index >= 15 is 0 Å². The summed E-state index contributed by atoms with van der Waals surface area (Å²) in [5, 5.41) is 8.61. The predicted octanol–water partition coefficient (Wildman–Crippen LogP) is 1.91. The summed E-state index contributed by atoms with van der Waals surface area (Å²) in [6.45, 7) is 4.18. The number of benzene rings is 1. The van der Waals surface area contributed by atoms with Crippen molar-refractivity contribution in [3.05, 3.63) is 48.2 Å². The van der Waals surface area contributed by atoms with Crippen LogP contribution in [-0.4, -0.2) is 17.1 Å². The molecule has 0 saturated carbocycles. The van der Waals surface area contributed by atoms with Crippen molar-refractivity contribution in [3.63, 3.8) is 0 Å². The van der Waals surface area contributed by atoms with Crippen LogP contribution in [0, 0.1) is 0 Å². The van der Waals surface area contributed by atoms with E-state index in [0.29, 0.717) is 25.2 Å². The molecule has 0 aliphatic rings. The zero-order valence-corrected chi connectivity index (χ0v) is 9.63. The van der Waals surface area contributed by atoms with Gasteiger partial charge in [-0.1, -0.05) is 36.9 Å². The molecule has 4 nitrogen and oxygen atoms in total. The third-order valence-electron chi connectivity index (χ3n) is 2.34. The van der Waals surface area contributed by atoms with Gasteiger partial charge in [-0.15, -0.1) is 0 Å². The fraction of sp³-hybridized carbons (Fsp3) is 0.308. The molecule has 92 valence electrons. The summed E-state index contributed by atoms with van der Waals surface area (Å²) in [6, 6.07) is 8.85. The number of rotatable bonds is 7. The second-order valence-electron chi connectivity index (χ2n) is 3.80. The first-order chi connectivity index (χ1) is 8.09. The van der Waals surface area contributed by atoms with Gasteiger partial charge in [-0.3, -0.25) is 4.79 Å². The summed E-state index contributed by atoms with van der Waals surface area (Å²) in [6.07, 6.45) is 0.795. The van der Waals surface area contributed by atoms with Crippen molar-refractivity contribution in [1.82, 2.24) is 0 Å². The lowest BCUT2D eigenvalue weighted by atomic mass is 10.1. The molecule has 3 N–H and O–H groups in total. The lowest BCUT2D eigenvalue weighted by molar-refractivity contribution is -0.138. The third kappa shape index (κ3) is 5.17. The van der Waals surface area contributed by atoms with Crippen molar-refractivity contribution in [2.75, 3.05) is 0 Å². The molecule has 0 aliphatic carbocycles. The van der Waals surface area contributed by atoms with Crippen molar-refractivity contribution in [3.8, 4) is 0 Å². The van der Waals surface area contributed by atoms with E-state index in [2.05, 4.69) is 6.58 Å². The van der Waals surface area contributed by atoms with Crippen LogP contribution in [-0.2, 0) is 16.1 Å². The Kier molecular flexibility index (Phi) is 5.23. The molecule has 4 heteroatoms. The maximum Gasteiger partial charge on any atom is 0.320 e. The smallest absolute Gasteiger partial charge is 0.320 e. The van der Waals surface area contributed by atoms with Crippen LogP contribution >= 0.6 is 0 Å². The molecule has 0 amide bonds. The standard InChI is InChI=1S/C13H17NO3/c1-10(7-8-12(14)13(15)16)17-9-11-5-3-2-4-6-11/h2-6,12H,1,7-9,14H2,(H,15,16). The van der Waals surface area contributed by atoms with E-state index in [0.717, 1.165) is 5.56 Å². The van der Waals surface area contributed by atoms with Gasteiger partial charge in [0.2, 0.25) is 0 Å². The Balaban J connectivity index is 2.24. The van der Waals surface area contributed by atoms with Crippen LogP contribution in [0.25, 0.3) is 0 Å². The van der Waals surface area contributed by atoms with E-state index in [1.54, 1.807) is 0 Å². The monoisotopic (exact) mass is 235 g/mol. The SMILES string of the molecule is C=C(CCC(N)C(=O)O)OCc1ccccc1. The molecule has 0 fully saturated rings. The zero-order valence-electron chi connectivity index (χ0n) is 9.63. The van der Waals surface area contributed by atoms with Crippen LogP contribution in [0.2, 0.25) is 0 Å². The minimum Gasteiger partial charge on any atom is -0.494 e. The van der Waals surface area contributed by atoms with Crippen molar-refractivity contribution >= 4 is 5.97 Å². The average molecular weight is 235 g/mol. The van der Waals surface area contributed by atoms with E-state index < -0.39 is 12.0 Å². The highest BCUT2D eigenvalue weighted by Crippen LogP contribution is 2.10. The van der Waals surface area contributed by atoms with E-state index in [1.165, 1.54) is 0 Å². The Labute approximate surface area is 101 Å². The molecular formula is C13H17NO3. The van der Waals surface area contributed by atoms with Crippen molar-refractivity contribution in [1.29, 1.82) is 0 Å². The summed E-state index contributed by atoms with van der Waals surface area (Å²) < 4.78 is 5.42. The molecule has 0 saturated heterocycles. The normalized spacial score (nSPS) is 11.8. The van der Waals surface area contributed by atoms with E-state index in [4.69, 9.17) is 15.6 Å². The van der Waals surface area contributed by atoms with Crippen LogP contribution < -0.4 is 5.73 Å². The summed E-state index contributed by atoms with van der Waals surface area (Å²) in [5.41, 5.74) is 6.43. The zero-order chi connectivity index (χ0) is 12.7. The summed E-state index contributed by atoms with van der Waals surface area (Å²) in [4.78, 5) is 10.5. The second kappa shape index (κ2) is 6.70. The van der Waals surface area contributed by atoms with Gasteiger partial charge < -0.3 is 15.6 Å².